The Bertz CT molecular complexity index is 601. The molecule has 1 heterocycles. The molecular weight excluding hydrogens is 278 g/mol. The average molecular weight is 299 g/mol. The first-order chi connectivity index (χ1) is 10.2. The smallest absolute Gasteiger partial charge is 0.0849 e. The molecule has 1 unspecified atom stereocenters. The van der Waals surface area contributed by atoms with Crippen LogP contribution in [-0.2, 0) is 10.8 Å². The van der Waals surface area contributed by atoms with E-state index in [-0.39, 0.29) is 0 Å². The molecule has 0 radical (unpaired) electrons. The topological polar surface area (TPSA) is 20.3 Å². The van der Waals surface area contributed by atoms with Gasteiger partial charge in [0.25, 0.3) is 0 Å². The Hall–Kier alpha value is -1.61. The number of rotatable bonds is 3. The zero-order valence-corrected chi connectivity index (χ0v) is 13.2. The van der Waals surface area contributed by atoms with Crippen LogP contribution in [0.3, 0.4) is 0 Å². The van der Waals surface area contributed by atoms with Crippen LogP contribution in [0, 0.1) is 5.92 Å². The molecule has 3 heteroatoms. The minimum Gasteiger partial charge on any atom is -0.372 e. The summed E-state index contributed by atoms with van der Waals surface area (Å²) in [5, 5.41) is 0. The van der Waals surface area contributed by atoms with Gasteiger partial charge in [0.15, 0.2) is 0 Å². The summed E-state index contributed by atoms with van der Waals surface area (Å²) in [5.41, 5.74) is 1.25. The first-order valence-electron chi connectivity index (χ1n) is 7.56. The molecular formula is C18H21NOS. The van der Waals surface area contributed by atoms with Gasteiger partial charge in [0, 0.05) is 28.6 Å². The third-order valence-corrected chi connectivity index (χ3v) is 5.56. The predicted molar refractivity (Wildman–Crippen MR) is 88.2 cm³/mol. The van der Waals surface area contributed by atoms with E-state index in [9.17, 15) is 4.21 Å². The normalized spacial score (nSPS) is 17.7. The zero-order valence-electron chi connectivity index (χ0n) is 12.4. The number of hydrogen-bond acceptors (Lipinski definition) is 2. The number of anilines is 1. The largest absolute Gasteiger partial charge is 0.372 e. The third kappa shape index (κ3) is 3.35. The van der Waals surface area contributed by atoms with Crippen LogP contribution >= 0.6 is 0 Å². The van der Waals surface area contributed by atoms with Crippen LogP contribution in [-0.4, -0.2) is 17.3 Å². The molecule has 110 valence electrons. The third-order valence-electron chi connectivity index (χ3n) is 4.16. The van der Waals surface area contributed by atoms with Gasteiger partial charge in [-0.05, 0) is 55.2 Å². The highest BCUT2D eigenvalue weighted by molar-refractivity contribution is 7.85. The molecule has 0 aromatic heterocycles. The van der Waals surface area contributed by atoms with Gasteiger partial charge in [-0.2, -0.15) is 0 Å². The van der Waals surface area contributed by atoms with E-state index in [4.69, 9.17) is 0 Å². The minimum atomic E-state index is -1.08. The van der Waals surface area contributed by atoms with Crippen molar-refractivity contribution in [3.8, 4) is 0 Å². The molecule has 1 aliphatic heterocycles. The van der Waals surface area contributed by atoms with Crippen molar-refractivity contribution >= 4 is 16.5 Å². The SMILES string of the molecule is CC1CCN(c2ccc(S(=O)c3ccccc3)cc2)CC1. The van der Waals surface area contributed by atoms with Gasteiger partial charge in [0.2, 0.25) is 0 Å². The lowest BCUT2D eigenvalue weighted by atomic mass is 9.99. The second-order valence-corrected chi connectivity index (χ2v) is 7.23. The molecule has 3 rings (SSSR count). The summed E-state index contributed by atoms with van der Waals surface area (Å²) in [6.45, 7) is 4.58. The fourth-order valence-electron chi connectivity index (χ4n) is 2.73. The molecule has 2 aromatic carbocycles. The van der Waals surface area contributed by atoms with E-state index in [0.29, 0.717) is 0 Å². The molecule has 1 saturated heterocycles. The van der Waals surface area contributed by atoms with E-state index < -0.39 is 10.8 Å². The van der Waals surface area contributed by atoms with Gasteiger partial charge in [-0.3, -0.25) is 0 Å². The molecule has 0 spiro atoms. The van der Waals surface area contributed by atoms with E-state index in [2.05, 4.69) is 24.0 Å². The second kappa shape index (κ2) is 6.44. The number of piperidine rings is 1. The van der Waals surface area contributed by atoms with Crippen molar-refractivity contribution in [1.82, 2.24) is 0 Å². The number of nitrogens with zero attached hydrogens (tertiary/aromatic N) is 1. The summed E-state index contributed by atoms with van der Waals surface area (Å²) in [6.07, 6.45) is 2.52. The summed E-state index contributed by atoms with van der Waals surface area (Å²) in [6, 6.07) is 17.8. The van der Waals surface area contributed by atoms with Crippen molar-refractivity contribution in [1.29, 1.82) is 0 Å². The molecule has 1 atom stereocenters. The Balaban J connectivity index is 1.74. The van der Waals surface area contributed by atoms with Gasteiger partial charge in [-0.25, -0.2) is 4.21 Å². The summed E-state index contributed by atoms with van der Waals surface area (Å²) in [7, 11) is -1.08. The average Bonchev–Trinajstić information content (AvgIpc) is 2.56. The van der Waals surface area contributed by atoms with E-state index in [1.807, 2.05) is 42.5 Å². The van der Waals surface area contributed by atoms with Crippen molar-refractivity contribution in [3.63, 3.8) is 0 Å². The Morgan fingerprint density at radius 2 is 1.48 bits per heavy atom. The maximum absolute atomic E-state index is 12.5. The van der Waals surface area contributed by atoms with Crippen molar-refractivity contribution in [3.05, 3.63) is 54.6 Å². The lowest BCUT2D eigenvalue weighted by Gasteiger charge is -2.32. The Kier molecular flexibility index (Phi) is 4.39. The van der Waals surface area contributed by atoms with Crippen LogP contribution in [0.25, 0.3) is 0 Å². The molecule has 1 fully saturated rings. The standard InChI is InChI=1S/C18H21NOS/c1-15-11-13-19(14-12-15)16-7-9-18(10-8-16)21(20)17-5-3-2-4-6-17/h2-10,15H,11-14H2,1H3. The highest BCUT2D eigenvalue weighted by atomic mass is 32.2. The molecule has 0 bridgehead atoms. The summed E-state index contributed by atoms with van der Waals surface area (Å²) in [4.78, 5) is 4.15. The van der Waals surface area contributed by atoms with E-state index >= 15 is 0 Å². The lowest BCUT2D eigenvalue weighted by molar-refractivity contribution is 0.438. The van der Waals surface area contributed by atoms with Crippen LogP contribution < -0.4 is 4.90 Å². The van der Waals surface area contributed by atoms with Gasteiger partial charge in [0.1, 0.15) is 0 Å². The second-order valence-electron chi connectivity index (χ2n) is 5.75. The zero-order chi connectivity index (χ0) is 14.7. The minimum absolute atomic E-state index is 0.839. The van der Waals surface area contributed by atoms with Gasteiger partial charge in [0.05, 0.1) is 10.8 Å². The molecule has 0 N–H and O–H groups in total. The molecule has 1 aliphatic rings. The Labute approximate surface area is 129 Å². The van der Waals surface area contributed by atoms with Crippen LogP contribution in [0.5, 0.6) is 0 Å². The molecule has 0 amide bonds. The highest BCUT2D eigenvalue weighted by Gasteiger charge is 2.16. The Morgan fingerprint density at radius 3 is 2.10 bits per heavy atom. The maximum atomic E-state index is 12.5. The first-order valence-corrected chi connectivity index (χ1v) is 8.71. The highest BCUT2D eigenvalue weighted by Crippen LogP contribution is 2.25. The summed E-state index contributed by atoms with van der Waals surface area (Å²) < 4.78 is 12.5. The molecule has 2 aromatic rings. The van der Waals surface area contributed by atoms with Crippen molar-refractivity contribution < 1.29 is 4.21 Å². The first kappa shape index (κ1) is 14.3. The molecule has 21 heavy (non-hydrogen) atoms. The molecule has 0 aliphatic carbocycles. The van der Waals surface area contributed by atoms with Crippen molar-refractivity contribution in [2.45, 2.75) is 29.6 Å². The van der Waals surface area contributed by atoms with Crippen molar-refractivity contribution in [2.24, 2.45) is 5.92 Å². The van der Waals surface area contributed by atoms with Gasteiger partial charge in [-0.15, -0.1) is 0 Å². The van der Waals surface area contributed by atoms with Gasteiger partial charge < -0.3 is 4.90 Å². The fraction of sp³-hybridized carbons (Fsp3) is 0.333. The number of benzene rings is 2. The summed E-state index contributed by atoms with van der Waals surface area (Å²) >= 11 is 0. The van der Waals surface area contributed by atoms with E-state index in [1.165, 1.54) is 18.5 Å². The molecule has 0 saturated carbocycles. The molecule has 2 nitrogen and oxygen atoms in total. The quantitative estimate of drug-likeness (QED) is 0.851. The van der Waals surface area contributed by atoms with Crippen LogP contribution in [0.15, 0.2) is 64.4 Å². The van der Waals surface area contributed by atoms with E-state index in [1.54, 1.807) is 0 Å². The van der Waals surface area contributed by atoms with Gasteiger partial charge in [-0.1, -0.05) is 25.1 Å². The van der Waals surface area contributed by atoms with Crippen LogP contribution in [0.4, 0.5) is 5.69 Å². The Morgan fingerprint density at radius 1 is 0.905 bits per heavy atom. The number of hydrogen-bond donors (Lipinski definition) is 0. The van der Waals surface area contributed by atoms with Crippen LogP contribution in [0.2, 0.25) is 0 Å². The van der Waals surface area contributed by atoms with Crippen LogP contribution in [0.1, 0.15) is 19.8 Å². The van der Waals surface area contributed by atoms with E-state index in [0.717, 1.165) is 28.8 Å². The monoisotopic (exact) mass is 299 g/mol. The summed E-state index contributed by atoms with van der Waals surface area (Å²) in [5.74, 6) is 0.839. The van der Waals surface area contributed by atoms with Crippen molar-refractivity contribution in [2.75, 3.05) is 18.0 Å². The van der Waals surface area contributed by atoms with Gasteiger partial charge >= 0.3 is 0 Å². The maximum Gasteiger partial charge on any atom is 0.0849 e. The fourth-order valence-corrected chi connectivity index (χ4v) is 3.79. The predicted octanol–water partition coefficient (Wildman–Crippen LogP) is 4.09. The lowest BCUT2D eigenvalue weighted by Crippen LogP contribution is -2.32.